The van der Waals surface area contributed by atoms with Gasteiger partial charge in [-0.25, -0.2) is 0 Å². The molecule has 7 heteroatoms. The molecule has 0 bridgehead atoms. The summed E-state index contributed by atoms with van der Waals surface area (Å²) in [5.74, 6) is 0.648. The van der Waals surface area contributed by atoms with Crippen LogP contribution in [-0.4, -0.2) is 31.6 Å². The van der Waals surface area contributed by atoms with Crippen molar-refractivity contribution < 1.29 is 19.1 Å². The Balaban J connectivity index is 1.96. The van der Waals surface area contributed by atoms with Gasteiger partial charge in [0.2, 0.25) is 5.91 Å². The van der Waals surface area contributed by atoms with Crippen LogP contribution in [0.25, 0.3) is 0 Å². The molecule has 150 valence electrons. The van der Waals surface area contributed by atoms with Crippen LogP contribution in [0.2, 0.25) is 0 Å². The predicted octanol–water partition coefficient (Wildman–Crippen LogP) is 4.24. The van der Waals surface area contributed by atoms with Crippen molar-refractivity contribution in [2.24, 2.45) is 0 Å². The first-order chi connectivity index (χ1) is 13.5. The summed E-state index contributed by atoms with van der Waals surface area (Å²) in [6.07, 6.45) is 1.76. The van der Waals surface area contributed by atoms with Gasteiger partial charge in [0.15, 0.2) is 11.5 Å². The Labute approximate surface area is 179 Å². The minimum Gasteiger partial charge on any atom is -0.490 e. The van der Waals surface area contributed by atoms with Crippen LogP contribution in [0, 0.1) is 3.57 Å². The fraction of sp³-hybridized carbons (Fsp3) is 0.333. The number of hydrogen-bond donors (Lipinski definition) is 2. The summed E-state index contributed by atoms with van der Waals surface area (Å²) in [4.78, 5) is 24.4. The first-order valence-corrected chi connectivity index (χ1v) is 10.3. The van der Waals surface area contributed by atoms with Crippen molar-refractivity contribution in [3.05, 3.63) is 51.6 Å². The van der Waals surface area contributed by atoms with Crippen LogP contribution in [-0.2, 0) is 4.79 Å². The number of benzene rings is 2. The van der Waals surface area contributed by atoms with Crippen LogP contribution in [0.5, 0.6) is 11.5 Å². The third-order valence-electron chi connectivity index (χ3n) is 3.68. The number of nitrogens with one attached hydrogen (secondary N) is 2. The van der Waals surface area contributed by atoms with Gasteiger partial charge in [-0.3, -0.25) is 9.59 Å². The Morgan fingerprint density at radius 1 is 0.964 bits per heavy atom. The van der Waals surface area contributed by atoms with Gasteiger partial charge in [-0.2, -0.15) is 0 Å². The molecule has 2 aromatic rings. The highest BCUT2D eigenvalue weighted by molar-refractivity contribution is 14.1. The molecule has 0 aliphatic carbocycles. The summed E-state index contributed by atoms with van der Waals surface area (Å²) in [5, 5.41) is 5.41. The molecule has 0 aliphatic rings. The Morgan fingerprint density at radius 3 is 2.32 bits per heavy atom. The highest BCUT2D eigenvalue weighted by Gasteiger charge is 2.12. The fourth-order valence-corrected chi connectivity index (χ4v) is 2.98. The van der Waals surface area contributed by atoms with Gasteiger partial charge in [-0.05, 0) is 59.7 Å². The molecular formula is C21H25IN2O4. The molecule has 0 heterocycles. The fourth-order valence-electron chi connectivity index (χ4n) is 2.35. The van der Waals surface area contributed by atoms with Gasteiger partial charge < -0.3 is 20.1 Å². The lowest BCUT2D eigenvalue weighted by Gasteiger charge is -2.14. The second kappa shape index (κ2) is 11.5. The van der Waals surface area contributed by atoms with Crippen LogP contribution >= 0.6 is 22.6 Å². The molecule has 0 unspecified atom stereocenters. The van der Waals surface area contributed by atoms with Gasteiger partial charge in [0.1, 0.15) is 0 Å². The average Bonchev–Trinajstić information content (AvgIpc) is 2.70. The molecular weight excluding hydrogens is 471 g/mol. The van der Waals surface area contributed by atoms with Crippen LogP contribution in [0.15, 0.2) is 42.5 Å². The maximum atomic E-state index is 12.2. The third-order valence-corrected chi connectivity index (χ3v) is 4.62. The van der Waals surface area contributed by atoms with E-state index in [9.17, 15) is 9.59 Å². The van der Waals surface area contributed by atoms with Gasteiger partial charge in [0.05, 0.1) is 25.3 Å². The van der Waals surface area contributed by atoms with Crippen molar-refractivity contribution in [2.45, 2.75) is 26.7 Å². The quantitative estimate of drug-likeness (QED) is 0.483. The van der Waals surface area contributed by atoms with E-state index in [2.05, 4.69) is 33.2 Å². The zero-order valence-corrected chi connectivity index (χ0v) is 18.2. The maximum absolute atomic E-state index is 12.2. The van der Waals surface area contributed by atoms with Gasteiger partial charge in [-0.1, -0.05) is 26.0 Å². The molecule has 0 spiro atoms. The summed E-state index contributed by atoms with van der Waals surface area (Å²) < 4.78 is 12.2. The summed E-state index contributed by atoms with van der Waals surface area (Å²) in [5.41, 5.74) is 1.13. The second-order valence-corrected chi connectivity index (χ2v) is 7.23. The smallest absolute Gasteiger partial charge is 0.252 e. The monoisotopic (exact) mass is 496 g/mol. The normalized spacial score (nSPS) is 10.2. The average molecular weight is 496 g/mol. The predicted molar refractivity (Wildman–Crippen MR) is 118 cm³/mol. The van der Waals surface area contributed by atoms with E-state index in [1.165, 1.54) is 0 Å². The number of ether oxygens (including phenoxy) is 2. The molecule has 0 atom stereocenters. The molecule has 0 radical (unpaired) electrons. The molecule has 6 nitrogen and oxygen atoms in total. The lowest BCUT2D eigenvalue weighted by Crippen LogP contribution is -2.33. The van der Waals surface area contributed by atoms with Crippen molar-refractivity contribution in [2.75, 3.05) is 25.1 Å². The maximum Gasteiger partial charge on any atom is 0.252 e. The standard InChI is InChI=1S/C21H25IN2O4/c1-3-11-27-18-10-9-15(13-19(18)28-12-4-2)24-20(25)14-23-21(26)16-7-5-6-8-17(16)22/h5-10,13H,3-4,11-12,14H2,1-2H3,(H,23,26)(H,24,25). The van der Waals surface area contributed by atoms with Crippen molar-refractivity contribution in [3.8, 4) is 11.5 Å². The first kappa shape index (κ1) is 22.0. The Morgan fingerprint density at radius 2 is 1.64 bits per heavy atom. The summed E-state index contributed by atoms with van der Waals surface area (Å²) in [6, 6.07) is 12.5. The second-order valence-electron chi connectivity index (χ2n) is 6.07. The molecule has 0 saturated heterocycles. The first-order valence-electron chi connectivity index (χ1n) is 9.27. The number of carbonyl (C=O) groups is 2. The van der Waals surface area contributed by atoms with Crippen molar-refractivity contribution in [1.82, 2.24) is 5.32 Å². The Kier molecular flexibility index (Phi) is 9.06. The molecule has 2 rings (SSSR count). The van der Waals surface area contributed by atoms with Crippen molar-refractivity contribution >= 4 is 40.1 Å². The third kappa shape index (κ3) is 6.70. The number of anilines is 1. The molecule has 0 aliphatic heterocycles. The van der Waals surface area contributed by atoms with E-state index in [0.717, 1.165) is 16.4 Å². The molecule has 28 heavy (non-hydrogen) atoms. The number of carbonyl (C=O) groups excluding carboxylic acids is 2. The largest absolute Gasteiger partial charge is 0.490 e. The Hall–Kier alpha value is -2.29. The lowest BCUT2D eigenvalue weighted by molar-refractivity contribution is -0.115. The van der Waals surface area contributed by atoms with E-state index in [1.54, 1.807) is 30.3 Å². The number of halogens is 1. The highest BCUT2D eigenvalue weighted by Crippen LogP contribution is 2.31. The summed E-state index contributed by atoms with van der Waals surface area (Å²) >= 11 is 2.09. The number of hydrogen-bond acceptors (Lipinski definition) is 4. The topological polar surface area (TPSA) is 76.7 Å². The van der Waals surface area contributed by atoms with E-state index in [4.69, 9.17) is 9.47 Å². The van der Waals surface area contributed by atoms with E-state index in [0.29, 0.717) is 36.0 Å². The van der Waals surface area contributed by atoms with Crippen LogP contribution < -0.4 is 20.1 Å². The summed E-state index contributed by atoms with van der Waals surface area (Å²) in [6.45, 7) is 5.09. The summed E-state index contributed by atoms with van der Waals surface area (Å²) in [7, 11) is 0. The molecule has 2 amide bonds. The van der Waals surface area contributed by atoms with Gasteiger partial charge in [-0.15, -0.1) is 0 Å². The van der Waals surface area contributed by atoms with Crippen LogP contribution in [0.3, 0.4) is 0 Å². The lowest BCUT2D eigenvalue weighted by atomic mass is 10.2. The van der Waals surface area contributed by atoms with E-state index >= 15 is 0 Å². The Bertz CT molecular complexity index is 811. The highest BCUT2D eigenvalue weighted by atomic mass is 127. The molecule has 2 aromatic carbocycles. The molecule has 2 N–H and O–H groups in total. The number of rotatable bonds is 10. The van der Waals surface area contributed by atoms with Gasteiger partial charge in [0.25, 0.3) is 5.91 Å². The molecule has 0 fully saturated rings. The van der Waals surface area contributed by atoms with Gasteiger partial charge in [0, 0.05) is 15.3 Å². The van der Waals surface area contributed by atoms with E-state index < -0.39 is 0 Å². The van der Waals surface area contributed by atoms with Crippen molar-refractivity contribution in [1.29, 1.82) is 0 Å². The van der Waals surface area contributed by atoms with Crippen LogP contribution in [0.1, 0.15) is 37.0 Å². The molecule has 0 saturated carbocycles. The zero-order chi connectivity index (χ0) is 20.4. The number of amides is 2. The minimum atomic E-state index is -0.317. The molecule has 0 aromatic heterocycles. The zero-order valence-electron chi connectivity index (χ0n) is 16.1. The van der Waals surface area contributed by atoms with Crippen LogP contribution in [0.4, 0.5) is 5.69 Å². The van der Waals surface area contributed by atoms with E-state index in [-0.39, 0.29) is 18.4 Å². The van der Waals surface area contributed by atoms with Gasteiger partial charge >= 0.3 is 0 Å². The SMILES string of the molecule is CCCOc1ccc(NC(=O)CNC(=O)c2ccccc2I)cc1OCCC. The van der Waals surface area contributed by atoms with Crippen molar-refractivity contribution in [3.63, 3.8) is 0 Å². The van der Waals surface area contributed by atoms with E-state index in [1.807, 2.05) is 26.0 Å². The minimum absolute atomic E-state index is 0.122.